The van der Waals surface area contributed by atoms with Gasteiger partial charge in [-0.25, -0.2) is 14.3 Å². The first-order valence-electron chi connectivity index (χ1n) is 6.73. The van der Waals surface area contributed by atoms with Crippen LogP contribution in [0.5, 0.6) is 0 Å². The van der Waals surface area contributed by atoms with Gasteiger partial charge in [0.25, 0.3) is 5.69 Å². The minimum Gasteiger partial charge on any atom is -0.440 e. The van der Waals surface area contributed by atoms with E-state index in [1.165, 1.54) is 29.4 Å². The normalized spacial score (nSPS) is 12.7. The van der Waals surface area contributed by atoms with Gasteiger partial charge in [0.05, 0.1) is 10.5 Å². The van der Waals surface area contributed by atoms with Crippen LogP contribution in [0.1, 0.15) is 32.4 Å². The molecule has 116 valence electrons. The minimum absolute atomic E-state index is 0.0687. The Morgan fingerprint density at radius 2 is 2.05 bits per heavy atom. The molecular formula is C15H17N3O4. The fourth-order valence-corrected chi connectivity index (χ4v) is 2.11. The molecule has 0 saturated carbocycles. The lowest BCUT2D eigenvalue weighted by molar-refractivity contribution is -0.386. The third kappa shape index (κ3) is 3.30. The van der Waals surface area contributed by atoms with Crippen molar-refractivity contribution in [3.63, 3.8) is 0 Å². The standard InChI is InChI=1S/C15H17N3O4/c1-15(2,3)13(22-14(19)17-9-8-16-10-17)11-6-4-5-7-12(11)18(20)21/h4-10,13H,1-3H3. The van der Waals surface area contributed by atoms with Gasteiger partial charge in [-0.15, -0.1) is 0 Å². The molecule has 2 aromatic rings. The highest BCUT2D eigenvalue weighted by Crippen LogP contribution is 2.40. The van der Waals surface area contributed by atoms with Crippen LogP contribution < -0.4 is 0 Å². The molecule has 1 atom stereocenters. The van der Waals surface area contributed by atoms with E-state index in [-0.39, 0.29) is 5.69 Å². The van der Waals surface area contributed by atoms with Crippen LogP contribution in [0, 0.1) is 15.5 Å². The molecule has 0 aliphatic rings. The van der Waals surface area contributed by atoms with Gasteiger partial charge in [0.15, 0.2) is 0 Å². The minimum atomic E-state index is -0.760. The Labute approximate surface area is 127 Å². The van der Waals surface area contributed by atoms with E-state index in [1.807, 2.05) is 20.8 Å². The molecule has 1 aromatic carbocycles. The molecule has 1 heterocycles. The van der Waals surface area contributed by atoms with Gasteiger partial charge < -0.3 is 4.74 Å². The van der Waals surface area contributed by atoms with Crippen LogP contribution in [0.2, 0.25) is 0 Å². The van der Waals surface area contributed by atoms with E-state index in [1.54, 1.807) is 18.2 Å². The summed E-state index contributed by atoms with van der Waals surface area (Å²) in [5.41, 5.74) is -0.211. The molecule has 22 heavy (non-hydrogen) atoms. The van der Waals surface area contributed by atoms with E-state index >= 15 is 0 Å². The summed E-state index contributed by atoms with van der Waals surface area (Å²) in [7, 11) is 0. The Morgan fingerprint density at radius 3 is 2.59 bits per heavy atom. The van der Waals surface area contributed by atoms with E-state index in [0.717, 1.165) is 0 Å². The molecule has 0 fully saturated rings. The highest BCUT2D eigenvalue weighted by atomic mass is 16.6. The molecule has 1 unspecified atom stereocenters. The highest BCUT2D eigenvalue weighted by molar-refractivity contribution is 5.70. The van der Waals surface area contributed by atoms with Crippen LogP contribution in [-0.4, -0.2) is 20.6 Å². The maximum absolute atomic E-state index is 12.1. The summed E-state index contributed by atoms with van der Waals surface area (Å²) >= 11 is 0. The van der Waals surface area contributed by atoms with E-state index in [0.29, 0.717) is 5.56 Å². The predicted molar refractivity (Wildman–Crippen MR) is 79.4 cm³/mol. The topological polar surface area (TPSA) is 87.3 Å². The van der Waals surface area contributed by atoms with Crippen molar-refractivity contribution >= 4 is 11.8 Å². The Kier molecular flexibility index (Phi) is 4.25. The molecule has 2 rings (SSSR count). The van der Waals surface area contributed by atoms with Crippen molar-refractivity contribution in [3.8, 4) is 0 Å². The van der Waals surface area contributed by atoms with Crippen LogP contribution in [0.15, 0.2) is 43.0 Å². The number of hydrogen-bond donors (Lipinski definition) is 0. The molecule has 7 heteroatoms. The molecule has 0 N–H and O–H groups in total. The van der Waals surface area contributed by atoms with Crippen LogP contribution in [0.3, 0.4) is 0 Å². The zero-order chi connectivity index (χ0) is 16.3. The average Bonchev–Trinajstić information content (AvgIpc) is 2.97. The predicted octanol–water partition coefficient (Wildman–Crippen LogP) is 3.56. The van der Waals surface area contributed by atoms with Gasteiger partial charge in [0.1, 0.15) is 12.4 Å². The molecule has 0 aliphatic heterocycles. The first-order chi connectivity index (χ1) is 10.3. The number of nitro benzene ring substituents is 1. The van der Waals surface area contributed by atoms with Gasteiger partial charge in [-0.05, 0) is 6.07 Å². The van der Waals surface area contributed by atoms with Crippen molar-refractivity contribution in [3.05, 3.63) is 58.7 Å². The van der Waals surface area contributed by atoms with E-state index in [4.69, 9.17) is 4.74 Å². The molecule has 0 amide bonds. The number of nitrogens with zero attached hydrogens (tertiary/aromatic N) is 3. The van der Waals surface area contributed by atoms with Crippen LogP contribution in [0.25, 0.3) is 0 Å². The second kappa shape index (κ2) is 5.97. The zero-order valence-corrected chi connectivity index (χ0v) is 12.6. The van der Waals surface area contributed by atoms with Gasteiger partial charge in [-0.2, -0.15) is 0 Å². The Morgan fingerprint density at radius 1 is 1.36 bits per heavy atom. The number of carbonyl (C=O) groups is 1. The van der Waals surface area contributed by atoms with Gasteiger partial charge in [0, 0.05) is 23.9 Å². The van der Waals surface area contributed by atoms with E-state index in [2.05, 4.69) is 4.98 Å². The SMILES string of the molecule is CC(C)(C)C(OC(=O)n1ccnc1)c1ccccc1[N+](=O)[O-]. The van der Waals surface area contributed by atoms with Crippen molar-refractivity contribution in [1.29, 1.82) is 0 Å². The molecule has 0 spiro atoms. The number of nitro groups is 1. The number of hydrogen-bond acceptors (Lipinski definition) is 5. The highest BCUT2D eigenvalue weighted by Gasteiger charge is 2.35. The van der Waals surface area contributed by atoms with Gasteiger partial charge in [0.2, 0.25) is 0 Å². The van der Waals surface area contributed by atoms with Crippen molar-refractivity contribution < 1.29 is 14.5 Å². The van der Waals surface area contributed by atoms with E-state index in [9.17, 15) is 14.9 Å². The third-order valence-corrected chi connectivity index (χ3v) is 3.14. The summed E-state index contributed by atoms with van der Waals surface area (Å²) in [6.45, 7) is 5.57. The largest absolute Gasteiger partial charge is 0.440 e. The first-order valence-corrected chi connectivity index (χ1v) is 6.73. The summed E-state index contributed by atoms with van der Waals surface area (Å²) in [5.74, 6) is 0. The maximum atomic E-state index is 12.1. The van der Waals surface area contributed by atoms with Crippen LogP contribution >= 0.6 is 0 Å². The summed E-state index contributed by atoms with van der Waals surface area (Å²) in [6.07, 6.45) is 2.85. The van der Waals surface area contributed by atoms with Crippen molar-refractivity contribution in [2.24, 2.45) is 5.41 Å². The molecular weight excluding hydrogens is 286 g/mol. The third-order valence-electron chi connectivity index (χ3n) is 3.14. The molecule has 0 radical (unpaired) electrons. The number of benzene rings is 1. The van der Waals surface area contributed by atoms with Gasteiger partial charge >= 0.3 is 6.09 Å². The smallest absolute Gasteiger partial charge is 0.419 e. The number of para-hydroxylation sites is 1. The lowest BCUT2D eigenvalue weighted by Gasteiger charge is -2.30. The Hall–Kier alpha value is -2.70. The average molecular weight is 303 g/mol. The Balaban J connectivity index is 2.40. The zero-order valence-electron chi connectivity index (χ0n) is 12.6. The number of aromatic nitrogens is 2. The summed E-state index contributed by atoms with van der Waals surface area (Å²) in [6, 6.07) is 6.28. The summed E-state index contributed by atoms with van der Waals surface area (Å²) < 4.78 is 6.70. The quantitative estimate of drug-likeness (QED) is 0.639. The van der Waals surface area contributed by atoms with Crippen LogP contribution in [-0.2, 0) is 4.74 Å². The number of rotatable bonds is 3. The Bertz CT molecular complexity index is 674. The van der Waals surface area contributed by atoms with Crippen molar-refractivity contribution in [1.82, 2.24) is 9.55 Å². The van der Waals surface area contributed by atoms with Crippen molar-refractivity contribution in [2.75, 3.05) is 0 Å². The lowest BCUT2D eigenvalue weighted by atomic mass is 9.84. The fourth-order valence-electron chi connectivity index (χ4n) is 2.11. The fraction of sp³-hybridized carbons (Fsp3) is 0.333. The number of imidazole rings is 1. The number of ether oxygens (including phenoxy) is 1. The van der Waals surface area contributed by atoms with Crippen LogP contribution in [0.4, 0.5) is 10.5 Å². The first kappa shape index (κ1) is 15.7. The summed E-state index contributed by atoms with van der Waals surface area (Å²) in [5, 5.41) is 11.2. The molecule has 0 saturated heterocycles. The second-order valence-corrected chi connectivity index (χ2v) is 5.92. The van der Waals surface area contributed by atoms with Gasteiger partial charge in [-0.3, -0.25) is 10.1 Å². The summed E-state index contributed by atoms with van der Waals surface area (Å²) in [4.78, 5) is 26.7. The molecule has 0 aliphatic carbocycles. The molecule has 0 bridgehead atoms. The lowest BCUT2D eigenvalue weighted by Crippen LogP contribution is -2.26. The van der Waals surface area contributed by atoms with Gasteiger partial charge in [-0.1, -0.05) is 32.9 Å². The van der Waals surface area contributed by atoms with Crippen molar-refractivity contribution in [2.45, 2.75) is 26.9 Å². The second-order valence-electron chi connectivity index (χ2n) is 5.92. The van der Waals surface area contributed by atoms with E-state index < -0.39 is 22.5 Å². The number of carbonyl (C=O) groups excluding carboxylic acids is 1. The molecule has 7 nitrogen and oxygen atoms in total. The maximum Gasteiger partial charge on any atom is 0.419 e. The monoisotopic (exact) mass is 303 g/mol. The molecule has 1 aromatic heterocycles.